The highest BCUT2D eigenvalue weighted by molar-refractivity contribution is 5.47. The normalized spacial score (nSPS) is 12.3. The van der Waals surface area contributed by atoms with Crippen LogP contribution in [0.2, 0.25) is 0 Å². The highest BCUT2D eigenvalue weighted by atomic mass is 16.5. The second-order valence-electron chi connectivity index (χ2n) is 6.59. The Hall–Kier alpha value is -3.08. The predicted molar refractivity (Wildman–Crippen MR) is 116 cm³/mol. The molecule has 0 radical (unpaired) electrons. The predicted octanol–water partition coefficient (Wildman–Crippen LogP) is 5.33. The third-order valence-corrected chi connectivity index (χ3v) is 4.78. The number of benzene rings is 3. The summed E-state index contributed by atoms with van der Waals surface area (Å²) in [6, 6.07) is 30.5. The Morgan fingerprint density at radius 1 is 0.828 bits per heavy atom. The molecule has 3 aromatic rings. The lowest BCUT2D eigenvalue weighted by atomic mass is 9.80. The summed E-state index contributed by atoms with van der Waals surface area (Å²) in [4.78, 5) is 10.4. The highest BCUT2D eigenvalue weighted by Crippen LogP contribution is 2.40. The summed E-state index contributed by atoms with van der Waals surface area (Å²) in [5, 5.41) is 2.84. The average Bonchev–Trinajstić information content (AvgIpc) is 2.80. The van der Waals surface area contributed by atoms with Crippen molar-refractivity contribution in [2.45, 2.75) is 11.7 Å². The Morgan fingerprint density at radius 3 is 1.66 bits per heavy atom. The van der Waals surface area contributed by atoms with Crippen molar-refractivity contribution in [3.05, 3.63) is 125 Å². The number of hydrogen-bond acceptors (Lipinski definition) is 4. The van der Waals surface area contributed by atoms with Crippen molar-refractivity contribution in [3.8, 4) is 0 Å². The van der Waals surface area contributed by atoms with Gasteiger partial charge >= 0.3 is 0 Å². The van der Waals surface area contributed by atoms with Gasteiger partial charge in [0.25, 0.3) is 0 Å². The first-order valence-corrected chi connectivity index (χ1v) is 9.65. The smallest absolute Gasteiger partial charge is 0.143 e. The fourth-order valence-corrected chi connectivity index (χ4v) is 3.40. The molecule has 0 aliphatic heterocycles. The maximum atomic E-state index is 10.4. The summed E-state index contributed by atoms with van der Waals surface area (Å²) in [5.74, 6) is 0. The van der Waals surface area contributed by atoms with Crippen molar-refractivity contribution in [3.63, 3.8) is 0 Å². The molecule has 0 bridgehead atoms. The second kappa shape index (κ2) is 10.5. The van der Waals surface area contributed by atoms with Crippen LogP contribution >= 0.6 is 0 Å². The number of rotatable bonds is 11. The molecule has 148 valence electrons. The average molecular weight is 387 g/mol. The van der Waals surface area contributed by atoms with Crippen LogP contribution in [0.3, 0.4) is 0 Å². The van der Waals surface area contributed by atoms with Crippen molar-refractivity contribution < 1.29 is 9.47 Å². The van der Waals surface area contributed by atoms with Crippen molar-refractivity contribution in [2.24, 2.45) is 5.18 Å². The maximum absolute atomic E-state index is 10.4. The molecule has 0 spiro atoms. The van der Waals surface area contributed by atoms with E-state index in [1.807, 2.05) is 54.6 Å². The van der Waals surface area contributed by atoms with Gasteiger partial charge in [-0.3, -0.25) is 0 Å². The SMILES string of the molecule is C=C[C@@H](COC(c1ccccc1)(c1ccccc1)c1ccccc1)OCCN=O. The molecule has 0 aromatic heterocycles. The third kappa shape index (κ3) is 4.86. The van der Waals surface area contributed by atoms with Gasteiger partial charge in [-0.25, -0.2) is 0 Å². The van der Waals surface area contributed by atoms with Gasteiger partial charge in [-0.15, -0.1) is 6.58 Å². The largest absolute Gasteiger partial charge is 0.370 e. The fourth-order valence-electron chi connectivity index (χ4n) is 3.40. The molecule has 0 fully saturated rings. The lowest BCUT2D eigenvalue weighted by Gasteiger charge is -2.36. The van der Waals surface area contributed by atoms with Crippen LogP contribution < -0.4 is 0 Å². The van der Waals surface area contributed by atoms with Crippen molar-refractivity contribution >= 4 is 0 Å². The van der Waals surface area contributed by atoms with Crippen LogP contribution in [0.5, 0.6) is 0 Å². The van der Waals surface area contributed by atoms with Gasteiger partial charge in [0.1, 0.15) is 12.1 Å². The zero-order valence-electron chi connectivity index (χ0n) is 16.3. The molecular formula is C25H25NO3. The first kappa shape index (κ1) is 20.6. The van der Waals surface area contributed by atoms with Crippen LogP contribution in [0, 0.1) is 4.91 Å². The van der Waals surface area contributed by atoms with Crippen molar-refractivity contribution in [2.75, 3.05) is 19.8 Å². The number of hydrogen-bond donors (Lipinski definition) is 0. The summed E-state index contributed by atoms with van der Waals surface area (Å²) >= 11 is 0. The Morgan fingerprint density at radius 2 is 1.28 bits per heavy atom. The molecule has 3 rings (SSSR count). The number of nitrogens with zero attached hydrogens (tertiary/aromatic N) is 1. The molecule has 3 aromatic carbocycles. The quantitative estimate of drug-likeness (QED) is 0.193. The van der Waals surface area contributed by atoms with Crippen LogP contribution in [0.25, 0.3) is 0 Å². The zero-order chi connectivity index (χ0) is 20.4. The molecule has 4 nitrogen and oxygen atoms in total. The van der Waals surface area contributed by atoms with E-state index in [9.17, 15) is 4.91 Å². The van der Waals surface area contributed by atoms with Crippen LogP contribution in [-0.2, 0) is 15.1 Å². The summed E-state index contributed by atoms with van der Waals surface area (Å²) in [6.07, 6.45) is 1.34. The molecule has 1 atom stereocenters. The van der Waals surface area contributed by atoms with Crippen LogP contribution in [0.15, 0.2) is 109 Å². The Bertz CT molecular complexity index is 785. The highest BCUT2D eigenvalue weighted by Gasteiger charge is 2.37. The summed E-state index contributed by atoms with van der Waals surface area (Å²) in [6.45, 7) is 4.46. The van der Waals surface area contributed by atoms with E-state index < -0.39 is 5.60 Å². The van der Waals surface area contributed by atoms with Crippen LogP contribution in [0.1, 0.15) is 16.7 Å². The molecule has 0 aliphatic rings. The minimum absolute atomic E-state index is 0.103. The van der Waals surface area contributed by atoms with Crippen LogP contribution in [0.4, 0.5) is 0 Å². The number of ether oxygens (including phenoxy) is 2. The molecule has 0 amide bonds. The zero-order valence-corrected chi connectivity index (χ0v) is 16.3. The minimum atomic E-state index is -0.808. The molecule has 0 unspecified atom stereocenters. The molecule has 0 saturated carbocycles. The first-order chi connectivity index (χ1) is 14.3. The van der Waals surface area contributed by atoms with Gasteiger partial charge in [0, 0.05) is 0 Å². The molecule has 29 heavy (non-hydrogen) atoms. The Balaban J connectivity index is 2.05. The first-order valence-electron chi connectivity index (χ1n) is 9.65. The van der Waals surface area contributed by atoms with Crippen molar-refractivity contribution in [1.29, 1.82) is 0 Å². The van der Waals surface area contributed by atoms with Crippen LogP contribution in [-0.4, -0.2) is 25.9 Å². The summed E-state index contributed by atoms with van der Waals surface area (Å²) in [7, 11) is 0. The van der Waals surface area contributed by atoms with Gasteiger partial charge in [0.2, 0.25) is 0 Å². The van der Waals surface area contributed by atoms with Gasteiger partial charge in [-0.2, -0.15) is 4.91 Å². The van der Waals surface area contributed by atoms with Crippen molar-refractivity contribution in [1.82, 2.24) is 0 Å². The third-order valence-electron chi connectivity index (χ3n) is 4.78. The minimum Gasteiger partial charge on any atom is -0.370 e. The molecule has 0 aliphatic carbocycles. The van der Waals surface area contributed by atoms with E-state index in [1.54, 1.807) is 6.08 Å². The van der Waals surface area contributed by atoms with Gasteiger partial charge in [0.05, 0.1) is 19.3 Å². The van der Waals surface area contributed by atoms with Gasteiger partial charge in [0.15, 0.2) is 0 Å². The van der Waals surface area contributed by atoms with Gasteiger partial charge in [-0.1, -0.05) is 102 Å². The maximum Gasteiger partial charge on any atom is 0.143 e. The van der Waals surface area contributed by atoms with E-state index in [1.165, 1.54) is 0 Å². The molecule has 0 N–H and O–H groups in total. The standard InChI is InChI=1S/C25H25NO3/c1-2-24(28-19-18-26-27)20-29-25(21-12-6-3-7-13-21,22-14-8-4-9-15-22)23-16-10-5-11-17-23/h2-17,24H,1,18-20H2/t24-/m0/s1. The lowest BCUT2D eigenvalue weighted by molar-refractivity contribution is -0.0468. The fraction of sp³-hybridized carbons (Fsp3) is 0.200. The Kier molecular flexibility index (Phi) is 7.45. The molecular weight excluding hydrogens is 362 g/mol. The van der Waals surface area contributed by atoms with E-state index in [0.717, 1.165) is 16.7 Å². The Labute approximate surface area is 171 Å². The topological polar surface area (TPSA) is 47.9 Å². The summed E-state index contributed by atoms with van der Waals surface area (Å²) < 4.78 is 12.4. The van der Waals surface area contributed by atoms with E-state index in [0.29, 0.717) is 0 Å². The molecule has 4 heteroatoms. The van der Waals surface area contributed by atoms with E-state index >= 15 is 0 Å². The van der Waals surface area contributed by atoms with E-state index in [-0.39, 0.29) is 25.9 Å². The molecule has 0 heterocycles. The summed E-state index contributed by atoms with van der Waals surface area (Å²) in [5.41, 5.74) is 2.26. The molecule has 0 saturated heterocycles. The second-order valence-corrected chi connectivity index (χ2v) is 6.59. The van der Waals surface area contributed by atoms with E-state index in [2.05, 4.69) is 48.2 Å². The van der Waals surface area contributed by atoms with Gasteiger partial charge < -0.3 is 9.47 Å². The van der Waals surface area contributed by atoms with Gasteiger partial charge in [-0.05, 0) is 16.7 Å². The number of nitroso groups, excluding NO2 is 1. The monoisotopic (exact) mass is 387 g/mol. The lowest BCUT2D eigenvalue weighted by Crippen LogP contribution is -2.36. The van der Waals surface area contributed by atoms with E-state index in [4.69, 9.17) is 9.47 Å².